The van der Waals surface area contributed by atoms with E-state index in [1.165, 1.54) is 0 Å². The van der Waals surface area contributed by atoms with Crippen LogP contribution in [0.15, 0.2) is 6.20 Å². The van der Waals surface area contributed by atoms with Gasteiger partial charge in [-0.3, -0.25) is 4.68 Å². The Labute approximate surface area is 77.5 Å². The van der Waals surface area contributed by atoms with Crippen molar-refractivity contribution in [3.05, 3.63) is 17.5 Å². The van der Waals surface area contributed by atoms with Crippen molar-refractivity contribution in [1.82, 2.24) is 9.78 Å². The maximum atomic E-state index is 5.44. The smallest absolute Gasteiger partial charge is 0.0839 e. The second-order valence-electron chi connectivity index (χ2n) is 2.39. The van der Waals surface area contributed by atoms with Crippen LogP contribution < -0.4 is 0 Å². The summed E-state index contributed by atoms with van der Waals surface area (Å²) in [5.74, 6) is 6.13. The van der Waals surface area contributed by atoms with Crippen LogP contribution in [0.2, 0.25) is 0 Å². The second kappa shape index (κ2) is 4.18. The molecule has 1 rings (SSSR count). The summed E-state index contributed by atoms with van der Waals surface area (Å²) in [5, 5.41) is 4.16. The standard InChI is InChI=1S/C9H11ClN2/c1-3-12-8(2)9(7-11-12)5-4-6-10/h7H,3,6H2,1-2H3. The van der Waals surface area contributed by atoms with Crippen molar-refractivity contribution < 1.29 is 0 Å². The zero-order valence-electron chi connectivity index (χ0n) is 7.26. The maximum absolute atomic E-state index is 5.44. The number of aromatic nitrogens is 2. The van der Waals surface area contributed by atoms with Crippen molar-refractivity contribution in [3.8, 4) is 11.8 Å². The molecule has 0 radical (unpaired) electrons. The zero-order chi connectivity index (χ0) is 8.97. The Kier molecular flexibility index (Phi) is 3.19. The average Bonchev–Trinajstić information content (AvgIpc) is 2.43. The molecule has 0 saturated heterocycles. The topological polar surface area (TPSA) is 17.8 Å². The highest BCUT2D eigenvalue weighted by atomic mass is 35.5. The van der Waals surface area contributed by atoms with Crippen molar-refractivity contribution in [2.75, 3.05) is 5.88 Å². The highest BCUT2D eigenvalue weighted by Crippen LogP contribution is 2.04. The van der Waals surface area contributed by atoms with E-state index in [1.54, 1.807) is 6.20 Å². The van der Waals surface area contributed by atoms with Crippen LogP contribution in [0.3, 0.4) is 0 Å². The maximum Gasteiger partial charge on any atom is 0.0839 e. The first-order valence-corrected chi connectivity index (χ1v) is 4.40. The third-order valence-electron chi connectivity index (χ3n) is 1.69. The fourth-order valence-corrected chi connectivity index (χ4v) is 1.08. The number of aryl methyl sites for hydroxylation is 1. The van der Waals surface area contributed by atoms with Gasteiger partial charge < -0.3 is 0 Å². The van der Waals surface area contributed by atoms with Gasteiger partial charge >= 0.3 is 0 Å². The van der Waals surface area contributed by atoms with Crippen LogP contribution in [0.25, 0.3) is 0 Å². The Morgan fingerprint density at radius 3 is 2.92 bits per heavy atom. The molecule has 0 aromatic carbocycles. The van der Waals surface area contributed by atoms with Gasteiger partial charge in [0.2, 0.25) is 0 Å². The average molecular weight is 183 g/mol. The van der Waals surface area contributed by atoms with Gasteiger partial charge in [-0.2, -0.15) is 5.10 Å². The molecule has 64 valence electrons. The molecule has 0 aliphatic rings. The second-order valence-corrected chi connectivity index (χ2v) is 2.66. The number of hydrogen-bond acceptors (Lipinski definition) is 1. The summed E-state index contributed by atoms with van der Waals surface area (Å²) < 4.78 is 1.91. The summed E-state index contributed by atoms with van der Waals surface area (Å²) in [6.07, 6.45) is 1.78. The number of alkyl halides is 1. The minimum atomic E-state index is 0.372. The number of halogens is 1. The monoisotopic (exact) mass is 182 g/mol. The van der Waals surface area contributed by atoms with E-state index in [0.717, 1.165) is 17.8 Å². The molecule has 0 N–H and O–H groups in total. The van der Waals surface area contributed by atoms with Crippen molar-refractivity contribution in [1.29, 1.82) is 0 Å². The van der Waals surface area contributed by atoms with E-state index in [0.29, 0.717) is 5.88 Å². The quantitative estimate of drug-likeness (QED) is 0.479. The Morgan fingerprint density at radius 1 is 1.67 bits per heavy atom. The van der Waals surface area contributed by atoms with E-state index < -0.39 is 0 Å². The van der Waals surface area contributed by atoms with E-state index in [9.17, 15) is 0 Å². The van der Waals surface area contributed by atoms with Gasteiger partial charge in [0.15, 0.2) is 0 Å². The SMILES string of the molecule is CCn1ncc(C#CCCl)c1C. The van der Waals surface area contributed by atoms with E-state index in [1.807, 2.05) is 11.6 Å². The van der Waals surface area contributed by atoms with Gasteiger partial charge in [-0.05, 0) is 13.8 Å². The normalized spacial score (nSPS) is 9.25. The van der Waals surface area contributed by atoms with Gasteiger partial charge in [-0.25, -0.2) is 0 Å². The van der Waals surface area contributed by atoms with Gasteiger partial charge in [0, 0.05) is 6.54 Å². The summed E-state index contributed by atoms with van der Waals surface area (Å²) in [4.78, 5) is 0. The fourth-order valence-electron chi connectivity index (χ4n) is 1.02. The van der Waals surface area contributed by atoms with Crippen LogP contribution in [0.1, 0.15) is 18.2 Å². The largest absolute Gasteiger partial charge is 0.269 e. The van der Waals surface area contributed by atoms with Crippen LogP contribution in [-0.4, -0.2) is 15.7 Å². The molecule has 0 saturated carbocycles. The van der Waals surface area contributed by atoms with Gasteiger partial charge in [0.1, 0.15) is 0 Å². The molecular weight excluding hydrogens is 172 g/mol. The molecule has 0 spiro atoms. The first-order chi connectivity index (χ1) is 5.79. The molecule has 0 atom stereocenters. The molecule has 0 bridgehead atoms. The van der Waals surface area contributed by atoms with Crippen LogP contribution in [0.4, 0.5) is 0 Å². The van der Waals surface area contributed by atoms with Gasteiger partial charge in [0.25, 0.3) is 0 Å². The van der Waals surface area contributed by atoms with E-state index >= 15 is 0 Å². The molecule has 1 heterocycles. The lowest BCUT2D eigenvalue weighted by molar-refractivity contribution is 0.639. The molecular formula is C9H11ClN2. The van der Waals surface area contributed by atoms with Crippen molar-refractivity contribution in [3.63, 3.8) is 0 Å². The van der Waals surface area contributed by atoms with Crippen molar-refractivity contribution >= 4 is 11.6 Å². The third-order valence-corrected chi connectivity index (χ3v) is 1.83. The molecule has 1 aromatic rings. The van der Waals surface area contributed by atoms with E-state index in [4.69, 9.17) is 11.6 Å². The highest BCUT2D eigenvalue weighted by Gasteiger charge is 2.00. The number of nitrogens with zero attached hydrogens (tertiary/aromatic N) is 2. The van der Waals surface area contributed by atoms with Crippen LogP contribution in [0, 0.1) is 18.8 Å². The van der Waals surface area contributed by atoms with Crippen LogP contribution >= 0.6 is 11.6 Å². The molecule has 0 fully saturated rings. The molecule has 0 aliphatic carbocycles. The van der Waals surface area contributed by atoms with Crippen molar-refractivity contribution in [2.24, 2.45) is 0 Å². The predicted octanol–water partition coefficient (Wildman–Crippen LogP) is 1.80. The molecule has 3 heteroatoms. The summed E-state index contributed by atoms with van der Waals surface area (Å²) >= 11 is 5.44. The summed E-state index contributed by atoms with van der Waals surface area (Å²) in [6, 6.07) is 0. The lowest BCUT2D eigenvalue weighted by atomic mass is 10.3. The lowest BCUT2D eigenvalue weighted by Crippen LogP contribution is -1.98. The van der Waals surface area contributed by atoms with Crippen LogP contribution in [-0.2, 0) is 6.54 Å². The Morgan fingerprint density at radius 2 is 2.42 bits per heavy atom. The predicted molar refractivity (Wildman–Crippen MR) is 50.2 cm³/mol. The van der Waals surface area contributed by atoms with E-state index in [2.05, 4.69) is 23.9 Å². The fraction of sp³-hybridized carbons (Fsp3) is 0.444. The summed E-state index contributed by atoms with van der Waals surface area (Å²) in [5.41, 5.74) is 2.08. The molecule has 1 aromatic heterocycles. The van der Waals surface area contributed by atoms with Gasteiger partial charge in [-0.1, -0.05) is 11.8 Å². The molecule has 2 nitrogen and oxygen atoms in total. The summed E-state index contributed by atoms with van der Waals surface area (Å²) in [7, 11) is 0. The number of rotatable bonds is 1. The Balaban J connectivity index is 2.94. The minimum Gasteiger partial charge on any atom is -0.269 e. The first-order valence-electron chi connectivity index (χ1n) is 3.86. The Bertz CT molecular complexity index is 317. The summed E-state index contributed by atoms with van der Waals surface area (Å²) in [6.45, 7) is 4.95. The highest BCUT2D eigenvalue weighted by molar-refractivity contribution is 6.19. The zero-order valence-corrected chi connectivity index (χ0v) is 8.02. The molecule has 0 amide bonds. The molecule has 12 heavy (non-hydrogen) atoms. The lowest BCUT2D eigenvalue weighted by Gasteiger charge is -1.96. The van der Waals surface area contributed by atoms with Crippen LogP contribution in [0.5, 0.6) is 0 Å². The van der Waals surface area contributed by atoms with Crippen molar-refractivity contribution in [2.45, 2.75) is 20.4 Å². The van der Waals surface area contributed by atoms with Gasteiger partial charge in [0.05, 0.1) is 23.3 Å². The minimum absolute atomic E-state index is 0.372. The Hall–Kier alpha value is -0.940. The van der Waals surface area contributed by atoms with Gasteiger partial charge in [-0.15, -0.1) is 11.6 Å². The number of hydrogen-bond donors (Lipinski definition) is 0. The third kappa shape index (κ3) is 1.80. The van der Waals surface area contributed by atoms with E-state index in [-0.39, 0.29) is 0 Å². The molecule has 0 unspecified atom stereocenters. The first kappa shape index (κ1) is 9.15. The molecule has 0 aliphatic heterocycles.